The van der Waals surface area contributed by atoms with Crippen LogP contribution in [-0.4, -0.2) is 24.5 Å². The Labute approximate surface area is 157 Å². The maximum Gasteiger partial charge on any atom is 0.232 e. The third kappa shape index (κ3) is 3.72. The molecule has 136 valence electrons. The molecule has 0 bridgehead atoms. The Morgan fingerprint density at radius 2 is 1.78 bits per heavy atom. The first-order valence-corrected chi connectivity index (χ1v) is 8.91. The fraction of sp³-hybridized carbons (Fsp3) is 0.200. The zero-order valence-electron chi connectivity index (χ0n) is 15.3. The number of pyridine rings is 1. The van der Waals surface area contributed by atoms with Crippen molar-refractivity contribution in [3.8, 4) is 0 Å². The lowest BCUT2D eigenvalue weighted by molar-refractivity contribution is 0.613. The van der Waals surface area contributed by atoms with Crippen molar-refractivity contribution < 1.29 is 0 Å². The van der Waals surface area contributed by atoms with Crippen molar-refractivity contribution in [1.82, 2.24) is 24.5 Å². The Balaban J connectivity index is 1.71. The summed E-state index contributed by atoms with van der Waals surface area (Å²) >= 11 is 0. The monoisotopic (exact) mass is 359 g/mol. The molecule has 0 spiro atoms. The predicted molar refractivity (Wildman–Crippen MR) is 107 cm³/mol. The van der Waals surface area contributed by atoms with Gasteiger partial charge in [0.15, 0.2) is 17.0 Å². The van der Waals surface area contributed by atoms with Crippen molar-refractivity contribution >= 4 is 28.7 Å². The highest BCUT2D eigenvalue weighted by Gasteiger charge is 2.15. The lowest BCUT2D eigenvalue weighted by Crippen LogP contribution is -2.08. The van der Waals surface area contributed by atoms with Crippen LogP contribution in [0.3, 0.4) is 0 Å². The van der Waals surface area contributed by atoms with E-state index in [1.165, 1.54) is 5.56 Å². The van der Waals surface area contributed by atoms with Crippen LogP contribution in [0.2, 0.25) is 0 Å². The van der Waals surface area contributed by atoms with Gasteiger partial charge in [0.25, 0.3) is 0 Å². The first kappa shape index (κ1) is 17.0. The van der Waals surface area contributed by atoms with Gasteiger partial charge in [0.1, 0.15) is 5.82 Å². The minimum atomic E-state index is 0.245. The van der Waals surface area contributed by atoms with Crippen molar-refractivity contribution in [2.75, 3.05) is 10.6 Å². The van der Waals surface area contributed by atoms with Gasteiger partial charge in [-0.15, -0.1) is 0 Å². The number of rotatable bonds is 6. The Bertz CT molecular complexity index is 1030. The van der Waals surface area contributed by atoms with E-state index in [1.807, 2.05) is 47.3 Å². The van der Waals surface area contributed by atoms with E-state index in [-0.39, 0.29) is 6.04 Å². The van der Waals surface area contributed by atoms with E-state index < -0.39 is 0 Å². The minimum absolute atomic E-state index is 0.245. The molecule has 3 aromatic heterocycles. The molecule has 0 saturated heterocycles. The molecule has 2 N–H and O–H groups in total. The summed E-state index contributed by atoms with van der Waals surface area (Å²) in [6.45, 7) is 4.86. The van der Waals surface area contributed by atoms with Crippen LogP contribution < -0.4 is 10.6 Å². The third-order valence-corrected chi connectivity index (χ3v) is 4.19. The number of nitrogens with one attached hydrogen (secondary N) is 2. The van der Waals surface area contributed by atoms with Crippen molar-refractivity contribution in [3.05, 3.63) is 66.6 Å². The molecule has 0 fully saturated rings. The number of benzene rings is 1. The molecular weight excluding hydrogens is 338 g/mol. The molecule has 4 rings (SSSR count). The highest BCUT2D eigenvalue weighted by molar-refractivity contribution is 5.84. The van der Waals surface area contributed by atoms with Gasteiger partial charge in [0.2, 0.25) is 5.95 Å². The van der Waals surface area contributed by atoms with Crippen molar-refractivity contribution in [1.29, 1.82) is 0 Å². The van der Waals surface area contributed by atoms with Crippen LogP contribution >= 0.6 is 0 Å². The molecule has 1 aromatic carbocycles. The summed E-state index contributed by atoms with van der Waals surface area (Å²) in [5.74, 6) is 1.88. The number of aromatic nitrogens is 5. The molecule has 0 radical (unpaired) electrons. The molecule has 0 aliphatic rings. The zero-order valence-corrected chi connectivity index (χ0v) is 15.3. The van der Waals surface area contributed by atoms with Crippen LogP contribution in [0.15, 0.2) is 61.1 Å². The van der Waals surface area contributed by atoms with Gasteiger partial charge in [-0.3, -0.25) is 0 Å². The number of anilines is 3. The molecule has 4 aromatic rings. The van der Waals surface area contributed by atoms with E-state index in [2.05, 4.69) is 56.5 Å². The second-order valence-electron chi connectivity index (χ2n) is 6.49. The SMILES string of the molecule is CC(C)n1cnc2c(NCc3ccccc3)nc(Nc3ccccn3)nc21. The summed E-state index contributed by atoms with van der Waals surface area (Å²) in [6.07, 6.45) is 3.54. The Morgan fingerprint density at radius 1 is 0.963 bits per heavy atom. The average Bonchev–Trinajstić information content (AvgIpc) is 3.12. The van der Waals surface area contributed by atoms with E-state index in [0.29, 0.717) is 24.1 Å². The van der Waals surface area contributed by atoms with Crippen LogP contribution in [0.4, 0.5) is 17.6 Å². The average molecular weight is 359 g/mol. The second kappa shape index (κ2) is 7.41. The molecule has 27 heavy (non-hydrogen) atoms. The van der Waals surface area contributed by atoms with Gasteiger partial charge in [0, 0.05) is 18.8 Å². The highest BCUT2D eigenvalue weighted by atomic mass is 15.2. The summed E-state index contributed by atoms with van der Waals surface area (Å²) in [7, 11) is 0. The largest absolute Gasteiger partial charge is 0.364 e. The van der Waals surface area contributed by atoms with E-state index in [9.17, 15) is 0 Å². The van der Waals surface area contributed by atoms with Gasteiger partial charge < -0.3 is 15.2 Å². The van der Waals surface area contributed by atoms with Gasteiger partial charge in [-0.1, -0.05) is 36.4 Å². The Hall–Kier alpha value is -3.48. The van der Waals surface area contributed by atoms with Crippen molar-refractivity contribution in [3.63, 3.8) is 0 Å². The molecule has 0 aliphatic heterocycles. The maximum absolute atomic E-state index is 4.67. The molecule has 0 saturated carbocycles. The number of fused-ring (bicyclic) bond motifs is 1. The molecule has 7 heteroatoms. The number of hydrogen-bond acceptors (Lipinski definition) is 6. The number of hydrogen-bond donors (Lipinski definition) is 2. The van der Waals surface area contributed by atoms with Crippen LogP contribution in [0.1, 0.15) is 25.5 Å². The van der Waals surface area contributed by atoms with Crippen molar-refractivity contribution in [2.24, 2.45) is 0 Å². The third-order valence-electron chi connectivity index (χ3n) is 4.19. The predicted octanol–water partition coefficient (Wildman–Crippen LogP) is 4.16. The smallest absolute Gasteiger partial charge is 0.232 e. The molecule has 7 nitrogen and oxygen atoms in total. The quantitative estimate of drug-likeness (QED) is 0.538. The molecule has 0 atom stereocenters. The van der Waals surface area contributed by atoms with E-state index in [4.69, 9.17) is 0 Å². The summed E-state index contributed by atoms with van der Waals surface area (Å²) in [6, 6.07) is 16.1. The van der Waals surface area contributed by atoms with Crippen LogP contribution in [-0.2, 0) is 6.54 Å². The molecule has 0 amide bonds. The lowest BCUT2D eigenvalue weighted by atomic mass is 10.2. The normalized spacial score (nSPS) is 11.1. The molecule has 0 unspecified atom stereocenters. The van der Waals surface area contributed by atoms with Gasteiger partial charge >= 0.3 is 0 Å². The molecular formula is C20H21N7. The maximum atomic E-state index is 4.67. The Morgan fingerprint density at radius 3 is 2.52 bits per heavy atom. The summed E-state index contributed by atoms with van der Waals surface area (Å²) in [4.78, 5) is 18.1. The van der Waals surface area contributed by atoms with Crippen LogP contribution in [0.5, 0.6) is 0 Å². The van der Waals surface area contributed by atoms with Gasteiger partial charge in [0.05, 0.1) is 6.33 Å². The summed E-state index contributed by atoms with van der Waals surface area (Å²) in [5, 5.41) is 6.57. The summed E-state index contributed by atoms with van der Waals surface area (Å²) in [5.41, 5.74) is 2.71. The second-order valence-corrected chi connectivity index (χ2v) is 6.49. The molecule has 0 aliphatic carbocycles. The van der Waals surface area contributed by atoms with Gasteiger partial charge in [-0.05, 0) is 31.5 Å². The van der Waals surface area contributed by atoms with E-state index in [0.717, 1.165) is 11.2 Å². The van der Waals surface area contributed by atoms with Crippen LogP contribution in [0, 0.1) is 0 Å². The first-order chi connectivity index (χ1) is 13.2. The van der Waals surface area contributed by atoms with Gasteiger partial charge in [-0.2, -0.15) is 9.97 Å². The highest BCUT2D eigenvalue weighted by Crippen LogP contribution is 2.24. The summed E-state index contributed by atoms with van der Waals surface area (Å²) < 4.78 is 2.04. The number of nitrogens with zero attached hydrogens (tertiary/aromatic N) is 5. The standard InChI is InChI=1S/C20H21N7/c1-14(2)27-13-23-17-18(22-12-15-8-4-3-5-9-15)25-20(26-19(17)27)24-16-10-6-7-11-21-16/h3-11,13-14H,12H2,1-2H3,(H2,21,22,24,25,26). The first-order valence-electron chi connectivity index (χ1n) is 8.91. The van der Waals surface area contributed by atoms with Crippen molar-refractivity contribution in [2.45, 2.75) is 26.4 Å². The van der Waals surface area contributed by atoms with E-state index >= 15 is 0 Å². The minimum Gasteiger partial charge on any atom is -0.364 e. The van der Waals surface area contributed by atoms with Crippen LogP contribution in [0.25, 0.3) is 11.2 Å². The topological polar surface area (TPSA) is 80.5 Å². The molecule has 3 heterocycles. The zero-order chi connectivity index (χ0) is 18.6. The number of imidazole rings is 1. The van der Waals surface area contributed by atoms with E-state index in [1.54, 1.807) is 6.20 Å². The fourth-order valence-electron chi connectivity index (χ4n) is 2.81. The lowest BCUT2D eigenvalue weighted by Gasteiger charge is -2.12. The fourth-order valence-corrected chi connectivity index (χ4v) is 2.81. The van der Waals surface area contributed by atoms with Gasteiger partial charge in [-0.25, -0.2) is 9.97 Å². The Kier molecular flexibility index (Phi) is 4.65.